The highest BCUT2D eigenvalue weighted by atomic mass is 32.1. The Morgan fingerprint density at radius 3 is 2.73 bits per heavy atom. The van der Waals surface area contributed by atoms with Gasteiger partial charge in [-0.05, 0) is 43.2 Å². The number of anilines is 2. The Morgan fingerprint density at radius 1 is 1.27 bits per heavy atom. The van der Waals surface area contributed by atoms with E-state index in [0.717, 1.165) is 17.8 Å². The maximum atomic E-state index is 14.5. The fraction of sp³-hybridized carbons (Fsp3) is 0.261. The zero-order valence-electron chi connectivity index (χ0n) is 18.2. The molecular weight excluding hydrogens is 447 g/mol. The summed E-state index contributed by atoms with van der Waals surface area (Å²) >= 11 is 1.13. The molecule has 4 rings (SSSR count). The first-order valence-electron chi connectivity index (χ1n) is 10.5. The van der Waals surface area contributed by atoms with Crippen LogP contribution in [0.5, 0.6) is 0 Å². The molecule has 33 heavy (non-hydrogen) atoms. The van der Waals surface area contributed by atoms with Crippen LogP contribution in [0.2, 0.25) is 0 Å². The number of nitrogens with zero attached hydrogens (tertiary/aromatic N) is 2. The molecule has 8 nitrogen and oxygen atoms in total. The van der Waals surface area contributed by atoms with Gasteiger partial charge in [0.15, 0.2) is 5.69 Å². The molecule has 0 atom stereocenters. The molecule has 0 aliphatic heterocycles. The molecule has 172 valence electrons. The number of nitrogen functional groups attached to an aromatic ring is 1. The Hall–Kier alpha value is -3.66. The molecular formula is C23H23FN4O4S. The van der Waals surface area contributed by atoms with Gasteiger partial charge in [-0.15, -0.1) is 11.3 Å². The quantitative estimate of drug-likeness (QED) is 0.423. The van der Waals surface area contributed by atoms with Gasteiger partial charge < -0.3 is 10.2 Å². The first kappa shape index (κ1) is 22.5. The monoisotopic (exact) mass is 470 g/mol. The van der Waals surface area contributed by atoms with Gasteiger partial charge in [-0.3, -0.25) is 24.0 Å². The third kappa shape index (κ3) is 4.09. The summed E-state index contributed by atoms with van der Waals surface area (Å²) in [5, 5.41) is 0.360. The van der Waals surface area contributed by atoms with Crippen molar-refractivity contribution in [1.82, 2.24) is 9.55 Å². The minimum absolute atomic E-state index is 0.0960. The molecule has 10 heteroatoms. The molecule has 0 radical (unpaired) electrons. The van der Waals surface area contributed by atoms with Crippen LogP contribution in [0.1, 0.15) is 40.8 Å². The number of hydrogen-bond donors (Lipinski definition) is 2. The molecule has 0 bridgehead atoms. The number of thiophene rings is 1. The van der Waals surface area contributed by atoms with Crippen molar-refractivity contribution in [3.8, 4) is 0 Å². The number of aromatic nitrogens is 2. The van der Waals surface area contributed by atoms with Gasteiger partial charge in [0.1, 0.15) is 17.4 Å². The number of fused-ring (bicyclic) bond motifs is 1. The first-order valence-corrected chi connectivity index (χ1v) is 11.3. The highest BCUT2D eigenvalue weighted by Gasteiger charge is 2.29. The summed E-state index contributed by atoms with van der Waals surface area (Å²) in [6.07, 6.45) is 2.92. The van der Waals surface area contributed by atoms with E-state index in [1.54, 1.807) is 31.2 Å². The van der Waals surface area contributed by atoms with Gasteiger partial charge in [0.25, 0.3) is 11.5 Å². The van der Waals surface area contributed by atoms with Gasteiger partial charge in [0.05, 0.1) is 17.7 Å². The predicted octanol–water partition coefficient (Wildman–Crippen LogP) is 4.02. The number of aryl methyl sites for hydroxylation is 1. The van der Waals surface area contributed by atoms with E-state index < -0.39 is 23.0 Å². The summed E-state index contributed by atoms with van der Waals surface area (Å²) in [7, 11) is 0. The van der Waals surface area contributed by atoms with E-state index in [2.05, 4.69) is 4.98 Å². The van der Waals surface area contributed by atoms with Crippen LogP contribution in [-0.4, -0.2) is 15.5 Å². The zero-order valence-corrected chi connectivity index (χ0v) is 19.0. The number of halogens is 1. The number of unbranched alkanes of at least 4 members (excludes halogenated alkanes) is 1. The largest absolute Gasteiger partial charge is 0.467 e. The van der Waals surface area contributed by atoms with Crippen molar-refractivity contribution >= 4 is 38.8 Å². The van der Waals surface area contributed by atoms with Crippen molar-refractivity contribution in [2.75, 3.05) is 10.6 Å². The first-order chi connectivity index (χ1) is 15.8. The van der Waals surface area contributed by atoms with Crippen molar-refractivity contribution in [2.45, 2.75) is 39.8 Å². The average Bonchev–Trinajstić information content (AvgIpc) is 3.40. The van der Waals surface area contributed by atoms with E-state index in [-0.39, 0.29) is 22.9 Å². The van der Waals surface area contributed by atoms with E-state index in [1.165, 1.54) is 21.8 Å². The average molecular weight is 471 g/mol. The van der Waals surface area contributed by atoms with Crippen molar-refractivity contribution in [1.29, 1.82) is 0 Å². The van der Waals surface area contributed by atoms with Crippen LogP contribution in [0, 0.1) is 12.7 Å². The summed E-state index contributed by atoms with van der Waals surface area (Å²) < 4.78 is 21.7. The lowest BCUT2D eigenvalue weighted by Gasteiger charge is -2.23. The maximum Gasteiger partial charge on any atom is 0.330 e. The van der Waals surface area contributed by atoms with Crippen LogP contribution < -0.4 is 21.9 Å². The van der Waals surface area contributed by atoms with Crippen LogP contribution in [0.3, 0.4) is 0 Å². The molecule has 0 aliphatic carbocycles. The number of furan rings is 1. The van der Waals surface area contributed by atoms with Crippen LogP contribution in [0.4, 0.5) is 15.9 Å². The molecule has 0 unspecified atom stereocenters. The predicted molar refractivity (Wildman–Crippen MR) is 126 cm³/mol. The van der Waals surface area contributed by atoms with Crippen molar-refractivity contribution in [2.24, 2.45) is 0 Å². The number of benzene rings is 1. The molecule has 3 aromatic heterocycles. The van der Waals surface area contributed by atoms with Gasteiger partial charge in [-0.1, -0.05) is 19.4 Å². The summed E-state index contributed by atoms with van der Waals surface area (Å²) in [6.45, 7) is 3.82. The third-order valence-electron chi connectivity index (χ3n) is 5.46. The highest BCUT2D eigenvalue weighted by molar-refractivity contribution is 7.21. The van der Waals surface area contributed by atoms with E-state index in [9.17, 15) is 18.8 Å². The topological polar surface area (TPSA) is 114 Å². The highest BCUT2D eigenvalue weighted by Crippen LogP contribution is 2.34. The lowest BCUT2D eigenvalue weighted by atomic mass is 10.1. The van der Waals surface area contributed by atoms with Gasteiger partial charge >= 0.3 is 5.69 Å². The fourth-order valence-corrected chi connectivity index (χ4v) is 4.94. The molecule has 0 fully saturated rings. The number of aromatic amines is 1. The normalized spacial score (nSPS) is 11.2. The second-order valence-electron chi connectivity index (χ2n) is 7.64. The standard InChI is InChI=1S/C23H23FN4O4S/c1-3-4-10-27-20(25)18(21(29)26-23(27)31)28(12-14-7-6-11-32-14)22(30)19-13(2)17-15(24)8-5-9-16(17)33-19/h5-9,11H,3-4,10,12,25H2,1-2H3,(H,26,29,31). The van der Waals surface area contributed by atoms with Gasteiger partial charge in [0.2, 0.25) is 0 Å². The smallest absolute Gasteiger partial charge is 0.330 e. The molecule has 1 aromatic carbocycles. The number of rotatable bonds is 7. The van der Waals surface area contributed by atoms with Crippen LogP contribution in [-0.2, 0) is 13.1 Å². The summed E-state index contributed by atoms with van der Waals surface area (Å²) in [5.74, 6) is -0.661. The summed E-state index contributed by atoms with van der Waals surface area (Å²) in [6, 6.07) is 7.97. The number of carbonyl (C=O) groups excluding carboxylic acids is 1. The Morgan fingerprint density at radius 2 is 2.06 bits per heavy atom. The third-order valence-corrected chi connectivity index (χ3v) is 6.70. The van der Waals surface area contributed by atoms with Crippen LogP contribution >= 0.6 is 11.3 Å². The molecule has 4 aromatic rings. The Labute approximate surface area is 192 Å². The molecule has 0 aliphatic rings. The number of carbonyl (C=O) groups is 1. The summed E-state index contributed by atoms with van der Waals surface area (Å²) in [4.78, 5) is 42.7. The minimum atomic E-state index is -0.782. The van der Waals surface area contributed by atoms with E-state index in [0.29, 0.717) is 34.4 Å². The van der Waals surface area contributed by atoms with Gasteiger partial charge in [-0.25, -0.2) is 9.18 Å². The minimum Gasteiger partial charge on any atom is -0.467 e. The number of H-pyrrole nitrogens is 1. The van der Waals surface area contributed by atoms with Crippen molar-refractivity contribution < 1.29 is 13.6 Å². The van der Waals surface area contributed by atoms with Gasteiger partial charge in [-0.2, -0.15) is 0 Å². The molecule has 3 heterocycles. The lowest BCUT2D eigenvalue weighted by molar-refractivity contribution is 0.0986. The van der Waals surface area contributed by atoms with Gasteiger partial charge in [0, 0.05) is 16.6 Å². The van der Waals surface area contributed by atoms with Crippen LogP contribution in [0.15, 0.2) is 50.6 Å². The number of nitrogens with one attached hydrogen (secondary N) is 1. The molecule has 0 saturated carbocycles. The van der Waals surface area contributed by atoms with E-state index in [1.807, 2.05) is 6.92 Å². The molecule has 3 N–H and O–H groups in total. The number of nitrogens with two attached hydrogens (primary N) is 1. The molecule has 0 spiro atoms. The Balaban J connectivity index is 1.90. The number of amides is 1. The number of hydrogen-bond acceptors (Lipinski definition) is 6. The SMILES string of the molecule is CCCCn1c(N)c(N(Cc2ccco2)C(=O)c2sc3cccc(F)c3c2C)c(=O)[nH]c1=O. The summed E-state index contributed by atoms with van der Waals surface area (Å²) in [5.41, 5.74) is 5.17. The van der Waals surface area contributed by atoms with E-state index in [4.69, 9.17) is 10.2 Å². The van der Waals surface area contributed by atoms with E-state index >= 15 is 0 Å². The Kier molecular flexibility index (Phi) is 6.19. The Bertz CT molecular complexity index is 1440. The second-order valence-corrected chi connectivity index (χ2v) is 8.69. The van der Waals surface area contributed by atoms with Crippen molar-refractivity contribution in [3.05, 3.63) is 79.5 Å². The van der Waals surface area contributed by atoms with Crippen molar-refractivity contribution in [3.63, 3.8) is 0 Å². The molecule has 1 amide bonds. The fourth-order valence-electron chi connectivity index (χ4n) is 3.77. The van der Waals surface area contributed by atoms with Crippen LogP contribution in [0.25, 0.3) is 10.1 Å². The second kappa shape index (κ2) is 9.07. The zero-order chi connectivity index (χ0) is 23.7. The maximum absolute atomic E-state index is 14.5. The molecule has 0 saturated heterocycles. The lowest BCUT2D eigenvalue weighted by Crippen LogP contribution is -2.40.